The first-order chi connectivity index (χ1) is 12.6. The molecule has 3 rings (SSSR count). The van der Waals surface area contributed by atoms with Gasteiger partial charge in [0.15, 0.2) is 5.76 Å². The van der Waals surface area contributed by atoms with E-state index in [2.05, 4.69) is 5.48 Å². The lowest BCUT2D eigenvalue weighted by molar-refractivity contribution is 0.0210. The van der Waals surface area contributed by atoms with Gasteiger partial charge in [0.25, 0.3) is 0 Å². The summed E-state index contributed by atoms with van der Waals surface area (Å²) in [6.45, 7) is 2.45. The Kier molecular flexibility index (Phi) is 5.94. The Bertz CT molecular complexity index is 874. The molecule has 6 heteroatoms. The summed E-state index contributed by atoms with van der Waals surface area (Å²) < 4.78 is 11.0. The average Bonchev–Trinajstić information content (AvgIpc) is 3.12. The van der Waals surface area contributed by atoms with E-state index >= 15 is 0 Å². The molecule has 26 heavy (non-hydrogen) atoms. The fourth-order valence-corrected chi connectivity index (χ4v) is 2.40. The minimum absolute atomic E-state index is 0.145. The van der Waals surface area contributed by atoms with Crippen LogP contribution in [-0.2, 0) is 18.1 Å². The maximum Gasteiger partial charge on any atom is 0.310 e. The largest absolute Gasteiger partial charge is 0.484 e. The summed E-state index contributed by atoms with van der Waals surface area (Å²) in [7, 11) is 0. The normalized spacial score (nSPS) is 10.5. The topological polar surface area (TPSA) is 60.7 Å². The van der Waals surface area contributed by atoms with Crippen LogP contribution in [0, 0.1) is 6.92 Å². The first-order valence-electron chi connectivity index (χ1n) is 8.05. The molecule has 1 amide bonds. The van der Waals surface area contributed by atoms with Gasteiger partial charge in [0.05, 0.1) is 11.6 Å². The number of benzene rings is 2. The van der Waals surface area contributed by atoms with Gasteiger partial charge in [-0.3, -0.25) is 9.63 Å². The fourth-order valence-electron chi connectivity index (χ4n) is 2.21. The summed E-state index contributed by atoms with van der Waals surface area (Å²) in [4.78, 5) is 17.3. The molecule has 0 aliphatic heterocycles. The van der Waals surface area contributed by atoms with Gasteiger partial charge in [-0.2, -0.15) is 0 Å². The second-order valence-electron chi connectivity index (χ2n) is 5.69. The number of hydrogen-bond donors (Lipinski definition) is 1. The van der Waals surface area contributed by atoms with Crippen LogP contribution in [0.5, 0.6) is 5.75 Å². The highest BCUT2D eigenvalue weighted by atomic mass is 35.5. The van der Waals surface area contributed by atoms with Crippen molar-refractivity contribution in [1.82, 2.24) is 5.48 Å². The predicted octanol–water partition coefficient (Wildman–Crippen LogP) is 4.68. The molecule has 1 aromatic heterocycles. The molecule has 0 bridgehead atoms. The molecule has 134 valence electrons. The van der Waals surface area contributed by atoms with E-state index in [9.17, 15) is 4.79 Å². The molecule has 3 aromatic rings. The van der Waals surface area contributed by atoms with Crippen LogP contribution in [0.1, 0.15) is 27.4 Å². The lowest BCUT2D eigenvalue weighted by atomic mass is 10.2. The quantitative estimate of drug-likeness (QED) is 0.612. The number of hydrogen-bond acceptors (Lipinski definition) is 4. The Morgan fingerprint density at radius 3 is 2.58 bits per heavy atom. The first-order valence-corrected chi connectivity index (χ1v) is 8.43. The van der Waals surface area contributed by atoms with Crippen molar-refractivity contribution in [3.63, 3.8) is 0 Å². The van der Waals surface area contributed by atoms with E-state index in [0.717, 1.165) is 5.56 Å². The van der Waals surface area contributed by atoms with Gasteiger partial charge in [-0.05, 0) is 36.8 Å². The minimum Gasteiger partial charge on any atom is -0.484 e. The Balaban J connectivity index is 1.48. The van der Waals surface area contributed by atoms with Crippen molar-refractivity contribution >= 4 is 17.5 Å². The highest BCUT2D eigenvalue weighted by Gasteiger charge is 2.12. The molecule has 0 saturated carbocycles. The molecule has 0 aliphatic rings. The number of rotatable bonds is 7. The smallest absolute Gasteiger partial charge is 0.310 e. The van der Waals surface area contributed by atoms with Crippen LogP contribution in [0.15, 0.2) is 65.1 Å². The number of aryl methyl sites for hydroxylation is 1. The van der Waals surface area contributed by atoms with Gasteiger partial charge in [-0.15, -0.1) is 0 Å². The number of hydroxylamine groups is 1. The molecular weight excluding hydrogens is 354 g/mol. The van der Waals surface area contributed by atoms with Crippen molar-refractivity contribution in [3.05, 3.63) is 88.3 Å². The van der Waals surface area contributed by atoms with Crippen LogP contribution < -0.4 is 10.2 Å². The number of amides is 1. The highest BCUT2D eigenvalue weighted by molar-refractivity contribution is 6.32. The van der Waals surface area contributed by atoms with Crippen molar-refractivity contribution in [2.45, 2.75) is 20.1 Å². The molecule has 0 unspecified atom stereocenters. The van der Waals surface area contributed by atoms with Gasteiger partial charge in [0.2, 0.25) is 0 Å². The maximum atomic E-state index is 12.0. The van der Waals surface area contributed by atoms with Gasteiger partial charge in [0.1, 0.15) is 18.1 Å². The molecule has 0 fully saturated rings. The number of carbonyl (C=O) groups is 1. The van der Waals surface area contributed by atoms with Crippen molar-refractivity contribution < 1.29 is 18.8 Å². The molecular formula is C20H18ClNO4. The SMILES string of the molecule is Cc1ccc(CONC(=O)c2ccc(COc3ccccc3Cl)o2)cc1. The standard InChI is InChI=1S/C20H18ClNO4/c1-14-6-8-15(9-7-14)12-25-22-20(23)19-11-10-16(26-19)13-24-18-5-3-2-4-17(18)21/h2-11H,12-13H2,1H3,(H,22,23). The van der Waals surface area contributed by atoms with Gasteiger partial charge in [0, 0.05) is 0 Å². The number of carbonyl (C=O) groups excluding carboxylic acids is 1. The number of para-hydroxylation sites is 1. The second kappa shape index (κ2) is 8.56. The molecule has 0 radical (unpaired) electrons. The minimum atomic E-state index is -0.457. The number of nitrogens with one attached hydrogen (secondary N) is 1. The summed E-state index contributed by atoms with van der Waals surface area (Å²) >= 11 is 6.03. The van der Waals surface area contributed by atoms with E-state index in [-0.39, 0.29) is 19.0 Å². The van der Waals surface area contributed by atoms with Crippen molar-refractivity contribution in [2.75, 3.05) is 0 Å². The van der Waals surface area contributed by atoms with Gasteiger partial charge >= 0.3 is 5.91 Å². The molecule has 0 atom stereocenters. The van der Waals surface area contributed by atoms with Crippen LogP contribution in [-0.4, -0.2) is 5.91 Å². The van der Waals surface area contributed by atoms with E-state index in [1.165, 1.54) is 5.56 Å². The summed E-state index contributed by atoms with van der Waals surface area (Å²) in [5.41, 5.74) is 4.49. The third kappa shape index (κ3) is 4.88. The summed E-state index contributed by atoms with van der Waals surface area (Å²) in [6, 6.07) is 18.2. The maximum absolute atomic E-state index is 12.0. The van der Waals surface area contributed by atoms with Crippen LogP contribution in [0.3, 0.4) is 0 Å². The van der Waals surface area contributed by atoms with Crippen molar-refractivity contribution in [2.24, 2.45) is 0 Å². The predicted molar refractivity (Wildman–Crippen MR) is 97.9 cm³/mol. The highest BCUT2D eigenvalue weighted by Crippen LogP contribution is 2.24. The average molecular weight is 372 g/mol. The Morgan fingerprint density at radius 1 is 1.04 bits per heavy atom. The fraction of sp³-hybridized carbons (Fsp3) is 0.150. The van der Waals surface area contributed by atoms with Crippen LogP contribution >= 0.6 is 11.6 Å². The Morgan fingerprint density at radius 2 is 1.81 bits per heavy atom. The van der Waals surface area contributed by atoms with Crippen molar-refractivity contribution in [1.29, 1.82) is 0 Å². The third-order valence-electron chi connectivity index (χ3n) is 3.62. The molecule has 0 saturated heterocycles. The third-order valence-corrected chi connectivity index (χ3v) is 3.93. The van der Waals surface area contributed by atoms with Crippen molar-refractivity contribution in [3.8, 4) is 5.75 Å². The monoisotopic (exact) mass is 371 g/mol. The molecule has 5 nitrogen and oxygen atoms in total. The van der Waals surface area contributed by atoms with E-state index < -0.39 is 5.91 Å². The zero-order valence-corrected chi connectivity index (χ0v) is 15.0. The Hall–Kier alpha value is -2.76. The number of ether oxygens (including phenoxy) is 1. The van der Waals surface area contributed by atoms with Gasteiger partial charge in [-0.1, -0.05) is 53.6 Å². The molecule has 1 heterocycles. The number of halogens is 1. The van der Waals surface area contributed by atoms with E-state index in [1.54, 1.807) is 24.3 Å². The number of furan rings is 1. The molecule has 2 aromatic carbocycles. The molecule has 0 aliphatic carbocycles. The van der Waals surface area contributed by atoms with Crippen LogP contribution in [0.4, 0.5) is 0 Å². The lowest BCUT2D eigenvalue weighted by Crippen LogP contribution is -2.23. The van der Waals surface area contributed by atoms with Crippen LogP contribution in [0.2, 0.25) is 5.02 Å². The summed E-state index contributed by atoms with van der Waals surface area (Å²) in [5, 5.41) is 0.515. The summed E-state index contributed by atoms with van der Waals surface area (Å²) in [6.07, 6.45) is 0. The van der Waals surface area contributed by atoms with Crippen LogP contribution in [0.25, 0.3) is 0 Å². The first kappa shape index (κ1) is 18.0. The Labute approximate surface area is 156 Å². The lowest BCUT2D eigenvalue weighted by Gasteiger charge is -2.06. The second-order valence-corrected chi connectivity index (χ2v) is 6.10. The van der Waals surface area contributed by atoms with E-state index in [4.69, 9.17) is 25.6 Å². The summed E-state index contributed by atoms with van der Waals surface area (Å²) in [5.74, 6) is 0.749. The zero-order chi connectivity index (χ0) is 18.4. The van der Waals surface area contributed by atoms with E-state index in [1.807, 2.05) is 43.3 Å². The molecule has 1 N–H and O–H groups in total. The van der Waals surface area contributed by atoms with Gasteiger partial charge < -0.3 is 9.15 Å². The van der Waals surface area contributed by atoms with E-state index in [0.29, 0.717) is 16.5 Å². The zero-order valence-electron chi connectivity index (χ0n) is 14.2. The van der Waals surface area contributed by atoms with Gasteiger partial charge in [-0.25, -0.2) is 5.48 Å². The molecule has 0 spiro atoms.